The van der Waals surface area contributed by atoms with Gasteiger partial charge in [0, 0.05) is 13.6 Å². The van der Waals surface area contributed by atoms with Gasteiger partial charge in [-0.25, -0.2) is 14.7 Å². The molecule has 6 nitrogen and oxygen atoms in total. The summed E-state index contributed by atoms with van der Waals surface area (Å²) in [6.07, 6.45) is 1.35. The minimum absolute atomic E-state index is 0.284. The number of hydrogen-bond donors (Lipinski definition) is 0. The Labute approximate surface area is 76.1 Å². The molecule has 1 rings (SSSR count). The summed E-state index contributed by atoms with van der Waals surface area (Å²) in [5.74, 6) is -0.0197. The van der Waals surface area contributed by atoms with Crippen LogP contribution in [0.1, 0.15) is 17.5 Å². The van der Waals surface area contributed by atoms with Gasteiger partial charge < -0.3 is 0 Å². The molecule has 0 aliphatic rings. The Kier molecular flexibility index (Phi) is 2.97. The zero-order valence-electron chi connectivity index (χ0n) is 7.89. The summed E-state index contributed by atoms with van der Waals surface area (Å²) < 4.78 is 1.51. The molecular weight excluding hydrogens is 172 g/mol. The number of carbonyl (C=O) groups is 1. The molecule has 0 aliphatic heterocycles. The Balaban J connectivity index is 2.88. The first-order valence-corrected chi connectivity index (χ1v) is 3.90. The van der Waals surface area contributed by atoms with E-state index < -0.39 is 0 Å². The van der Waals surface area contributed by atoms with Gasteiger partial charge in [0.2, 0.25) is 5.82 Å². The van der Waals surface area contributed by atoms with Crippen molar-refractivity contribution < 1.29 is 9.63 Å². The quantitative estimate of drug-likeness (QED) is 0.617. The summed E-state index contributed by atoms with van der Waals surface area (Å²) in [7, 11) is 2.95. The summed E-state index contributed by atoms with van der Waals surface area (Å²) in [6.45, 7) is 2.50. The molecule has 0 saturated carbocycles. The second-order valence-corrected chi connectivity index (χ2v) is 2.38. The van der Waals surface area contributed by atoms with E-state index in [1.165, 1.54) is 25.2 Å². The molecule has 0 fully saturated rings. The van der Waals surface area contributed by atoms with Crippen molar-refractivity contribution in [2.45, 2.75) is 13.5 Å². The van der Waals surface area contributed by atoms with Gasteiger partial charge in [-0.1, -0.05) is 0 Å². The van der Waals surface area contributed by atoms with E-state index in [4.69, 9.17) is 4.84 Å². The molecule has 0 aromatic carbocycles. The van der Waals surface area contributed by atoms with Crippen molar-refractivity contribution in [3.63, 3.8) is 0 Å². The Hall–Kier alpha value is -1.43. The molecule has 0 bridgehead atoms. The van der Waals surface area contributed by atoms with Gasteiger partial charge in [0.1, 0.15) is 6.33 Å². The van der Waals surface area contributed by atoms with Crippen LogP contribution in [0.2, 0.25) is 0 Å². The van der Waals surface area contributed by atoms with Crippen molar-refractivity contribution in [1.82, 2.24) is 19.8 Å². The second kappa shape index (κ2) is 3.99. The van der Waals surface area contributed by atoms with Gasteiger partial charge in [-0.05, 0) is 6.92 Å². The average molecular weight is 184 g/mol. The molecule has 0 spiro atoms. The van der Waals surface area contributed by atoms with Crippen LogP contribution in [-0.4, -0.2) is 39.9 Å². The molecule has 72 valence electrons. The molecule has 1 aromatic heterocycles. The van der Waals surface area contributed by atoms with Crippen molar-refractivity contribution in [2.75, 3.05) is 14.2 Å². The maximum absolute atomic E-state index is 11.5. The Morgan fingerprint density at radius 3 is 3.00 bits per heavy atom. The fraction of sp³-hybridized carbons (Fsp3) is 0.571. The molecule has 6 heteroatoms. The maximum atomic E-state index is 11.5. The zero-order valence-corrected chi connectivity index (χ0v) is 7.89. The lowest BCUT2D eigenvalue weighted by molar-refractivity contribution is -0.0767. The van der Waals surface area contributed by atoms with Crippen LogP contribution in [0.5, 0.6) is 0 Å². The predicted octanol–water partition coefficient (Wildman–Crippen LogP) is -0.0686. The molecule has 0 unspecified atom stereocenters. The third kappa shape index (κ3) is 1.83. The summed E-state index contributed by atoms with van der Waals surface area (Å²) in [6, 6.07) is 0. The third-order valence-corrected chi connectivity index (χ3v) is 1.67. The third-order valence-electron chi connectivity index (χ3n) is 1.67. The highest BCUT2D eigenvalue weighted by molar-refractivity contribution is 5.89. The lowest BCUT2D eigenvalue weighted by Gasteiger charge is -2.12. The molecule has 0 radical (unpaired) electrons. The molecule has 1 heterocycles. The molecule has 0 atom stereocenters. The van der Waals surface area contributed by atoms with Gasteiger partial charge in [0.15, 0.2) is 0 Å². The first-order valence-electron chi connectivity index (χ1n) is 3.90. The van der Waals surface area contributed by atoms with E-state index in [0.717, 1.165) is 5.06 Å². The minimum Gasteiger partial charge on any atom is -0.274 e. The maximum Gasteiger partial charge on any atom is 0.314 e. The average Bonchev–Trinajstić information content (AvgIpc) is 2.62. The van der Waals surface area contributed by atoms with Crippen molar-refractivity contribution in [3.8, 4) is 0 Å². The van der Waals surface area contributed by atoms with Crippen LogP contribution in [0.4, 0.5) is 0 Å². The van der Waals surface area contributed by atoms with Gasteiger partial charge in [-0.2, -0.15) is 5.10 Å². The fourth-order valence-electron chi connectivity index (χ4n) is 0.885. The molecule has 1 amide bonds. The van der Waals surface area contributed by atoms with Crippen LogP contribution in [0.25, 0.3) is 0 Å². The van der Waals surface area contributed by atoms with Crippen LogP contribution in [-0.2, 0) is 11.4 Å². The number of nitrogens with zero attached hydrogens (tertiary/aromatic N) is 4. The molecule has 13 heavy (non-hydrogen) atoms. The van der Waals surface area contributed by atoms with Crippen LogP contribution < -0.4 is 0 Å². The van der Waals surface area contributed by atoms with Crippen LogP contribution in [0.15, 0.2) is 6.33 Å². The largest absolute Gasteiger partial charge is 0.314 e. The molecule has 0 saturated heterocycles. The number of hydroxylamine groups is 2. The van der Waals surface area contributed by atoms with E-state index in [-0.39, 0.29) is 11.7 Å². The highest BCUT2D eigenvalue weighted by Gasteiger charge is 2.17. The van der Waals surface area contributed by atoms with Crippen molar-refractivity contribution in [3.05, 3.63) is 12.2 Å². The first-order chi connectivity index (χ1) is 6.20. The monoisotopic (exact) mass is 184 g/mol. The molecule has 0 N–H and O–H groups in total. The van der Waals surface area contributed by atoms with E-state index in [0.29, 0.717) is 6.54 Å². The number of hydrogen-bond acceptors (Lipinski definition) is 4. The van der Waals surface area contributed by atoms with E-state index >= 15 is 0 Å². The SMILES string of the molecule is CCn1ncnc1C(=O)N(C)OC. The van der Waals surface area contributed by atoms with Crippen LogP contribution in [0.3, 0.4) is 0 Å². The summed E-state index contributed by atoms with van der Waals surface area (Å²) in [4.78, 5) is 20.1. The molecular formula is C7H12N4O2. The van der Waals surface area contributed by atoms with E-state index in [1.807, 2.05) is 6.92 Å². The number of aromatic nitrogens is 3. The van der Waals surface area contributed by atoms with Gasteiger partial charge in [-0.15, -0.1) is 0 Å². The summed E-state index contributed by atoms with van der Waals surface area (Å²) >= 11 is 0. The van der Waals surface area contributed by atoms with Gasteiger partial charge >= 0.3 is 5.91 Å². The lowest BCUT2D eigenvalue weighted by atomic mass is 10.5. The summed E-state index contributed by atoms with van der Waals surface area (Å²) in [5.41, 5.74) is 0. The number of amides is 1. The second-order valence-electron chi connectivity index (χ2n) is 2.38. The van der Waals surface area contributed by atoms with Crippen LogP contribution in [0, 0.1) is 0 Å². The van der Waals surface area contributed by atoms with E-state index in [9.17, 15) is 4.79 Å². The lowest BCUT2D eigenvalue weighted by Crippen LogP contribution is -2.28. The number of aryl methyl sites for hydroxylation is 1. The Morgan fingerprint density at radius 1 is 1.77 bits per heavy atom. The summed E-state index contributed by atoms with van der Waals surface area (Å²) in [5, 5.41) is 4.98. The highest BCUT2D eigenvalue weighted by Crippen LogP contribution is 1.98. The fourth-order valence-corrected chi connectivity index (χ4v) is 0.885. The molecule has 0 aliphatic carbocycles. The smallest absolute Gasteiger partial charge is 0.274 e. The highest BCUT2D eigenvalue weighted by atomic mass is 16.7. The zero-order chi connectivity index (χ0) is 9.84. The van der Waals surface area contributed by atoms with Crippen molar-refractivity contribution in [2.24, 2.45) is 0 Å². The van der Waals surface area contributed by atoms with E-state index in [2.05, 4.69) is 10.1 Å². The number of carbonyl (C=O) groups excluding carboxylic acids is 1. The van der Waals surface area contributed by atoms with Gasteiger partial charge in [-0.3, -0.25) is 9.63 Å². The van der Waals surface area contributed by atoms with Crippen molar-refractivity contribution in [1.29, 1.82) is 0 Å². The van der Waals surface area contributed by atoms with E-state index in [1.54, 1.807) is 0 Å². The predicted molar refractivity (Wildman–Crippen MR) is 44.8 cm³/mol. The Morgan fingerprint density at radius 2 is 2.46 bits per heavy atom. The van der Waals surface area contributed by atoms with Crippen LogP contribution >= 0.6 is 0 Å². The van der Waals surface area contributed by atoms with Gasteiger partial charge in [0.05, 0.1) is 7.11 Å². The normalized spacial score (nSPS) is 10.1. The first kappa shape index (κ1) is 9.66. The standard InChI is InChI=1S/C7H12N4O2/c1-4-11-6(8-5-9-11)7(12)10(2)13-3/h5H,4H2,1-3H3. The topological polar surface area (TPSA) is 60.2 Å². The number of rotatable bonds is 3. The Bertz CT molecular complexity index is 296. The van der Waals surface area contributed by atoms with Crippen molar-refractivity contribution >= 4 is 5.91 Å². The minimum atomic E-state index is -0.304. The molecule has 1 aromatic rings. The van der Waals surface area contributed by atoms with Gasteiger partial charge in [0.25, 0.3) is 0 Å².